The molecule has 0 saturated carbocycles. The quantitative estimate of drug-likeness (QED) is 0.731. The van der Waals surface area contributed by atoms with Gasteiger partial charge in [0.05, 0.1) is 13.2 Å². The standard InChI is InChI=1S/C15H23NO3/c17-9-1-6-16(8-10-18)7-4-13-2-3-15-14(12-13)5-11-19-15/h2-3,12,17-18H,1,4-11H2. The van der Waals surface area contributed by atoms with Gasteiger partial charge in [-0.3, -0.25) is 0 Å². The van der Waals surface area contributed by atoms with Crippen LogP contribution in [-0.2, 0) is 12.8 Å². The molecule has 0 atom stereocenters. The first-order valence-electron chi connectivity index (χ1n) is 7.02. The lowest BCUT2D eigenvalue weighted by molar-refractivity contribution is 0.181. The van der Waals surface area contributed by atoms with Crippen molar-refractivity contribution in [3.8, 4) is 5.75 Å². The van der Waals surface area contributed by atoms with Crippen LogP contribution in [0.25, 0.3) is 0 Å². The van der Waals surface area contributed by atoms with E-state index in [0.29, 0.717) is 6.54 Å². The Kier molecular flexibility index (Phi) is 5.63. The van der Waals surface area contributed by atoms with E-state index < -0.39 is 0 Å². The molecular formula is C15H23NO3. The number of ether oxygens (including phenoxy) is 1. The van der Waals surface area contributed by atoms with Gasteiger partial charge in [0.1, 0.15) is 5.75 Å². The fourth-order valence-electron chi connectivity index (χ4n) is 2.45. The van der Waals surface area contributed by atoms with Crippen LogP contribution in [0.3, 0.4) is 0 Å². The van der Waals surface area contributed by atoms with Gasteiger partial charge in [-0.25, -0.2) is 0 Å². The molecule has 19 heavy (non-hydrogen) atoms. The van der Waals surface area contributed by atoms with Crippen LogP contribution in [0.1, 0.15) is 17.5 Å². The summed E-state index contributed by atoms with van der Waals surface area (Å²) in [6, 6.07) is 6.40. The molecule has 0 fully saturated rings. The number of fused-ring (bicyclic) bond motifs is 1. The second kappa shape index (κ2) is 7.48. The molecular weight excluding hydrogens is 242 g/mol. The molecule has 0 spiro atoms. The van der Waals surface area contributed by atoms with E-state index in [2.05, 4.69) is 23.1 Å². The lowest BCUT2D eigenvalue weighted by Crippen LogP contribution is -2.30. The summed E-state index contributed by atoms with van der Waals surface area (Å²) in [7, 11) is 0. The fraction of sp³-hybridized carbons (Fsp3) is 0.600. The first-order chi connectivity index (χ1) is 9.33. The molecule has 0 radical (unpaired) electrons. The molecule has 1 aromatic rings. The highest BCUT2D eigenvalue weighted by Crippen LogP contribution is 2.26. The van der Waals surface area contributed by atoms with Gasteiger partial charge in [0.25, 0.3) is 0 Å². The molecule has 2 rings (SSSR count). The Labute approximate surface area is 114 Å². The minimum Gasteiger partial charge on any atom is -0.493 e. The molecule has 1 heterocycles. The number of hydrogen-bond donors (Lipinski definition) is 2. The minimum atomic E-state index is 0.170. The predicted molar refractivity (Wildman–Crippen MR) is 74.6 cm³/mol. The number of aliphatic hydroxyl groups excluding tert-OH is 2. The van der Waals surface area contributed by atoms with Gasteiger partial charge in [-0.1, -0.05) is 12.1 Å². The third-order valence-electron chi connectivity index (χ3n) is 3.52. The van der Waals surface area contributed by atoms with E-state index in [1.54, 1.807) is 0 Å². The van der Waals surface area contributed by atoms with Crippen molar-refractivity contribution in [2.75, 3.05) is 39.5 Å². The largest absolute Gasteiger partial charge is 0.493 e. The van der Waals surface area contributed by atoms with E-state index in [1.165, 1.54) is 11.1 Å². The maximum atomic E-state index is 9.04. The smallest absolute Gasteiger partial charge is 0.122 e. The van der Waals surface area contributed by atoms with Gasteiger partial charge < -0.3 is 19.8 Å². The van der Waals surface area contributed by atoms with Gasteiger partial charge in [-0.2, -0.15) is 0 Å². The lowest BCUT2D eigenvalue weighted by Gasteiger charge is -2.20. The van der Waals surface area contributed by atoms with Gasteiger partial charge >= 0.3 is 0 Å². The zero-order chi connectivity index (χ0) is 13.5. The van der Waals surface area contributed by atoms with Crippen molar-refractivity contribution in [2.45, 2.75) is 19.3 Å². The van der Waals surface area contributed by atoms with Crippen molar-refractivity contribution in [2.24, 2.45) is 0 Å². The summed E-state index contributed by atoms with van der Waals surface area (Å²) in [6.45, 7) is 3.60. The van der Waals surface area contributed by atoms with E-state index in [4.69, 9.17) is 14.9 Å². The van der Waals surface area contributed by atoms with Crippen molar-refractivity contribution in [3.63, 3.8) is 0 Å². The Morgan fingerprint density at radius 2 is 2.00 bits per heavy atom. The van der Waals surface area contributed by atoms with Crippen molar-refractivity contribution in [3.05, 3.63) is 29.3 Å². The van der Waals surface area contributed by atoms with Crippen LogP contribution in [0.15, 0.2) is 18.2 Å². The summed E-state index contributed by atoms with van der Waals surface area (Å²) in [5.74, 6) is 1.02. The van der Waals surface area contributed by atoms with Crippen LogP contribution in [0.5, 0.6) is 5.75 Å². The highest BCUT2D eigenvalue weighted by Gasteiger charge is 2.12. The summed E-state index contributed by atoms with van der Waals surface area (Å²) in [5.41, 5.74) is 2.62. The van der Waals surface area contributed by atoms with Crippen LogP contribution in [0, 0.1) is 0 Å². The van der Waals surface area contributed by atoms with Crippen LogP contribution >= 0.6 is 0 Å². The van der Waals surface area contributed by atoms with E-state index in [1.807, 2.05) is 0 Å². The number of hydrogen-bond acceptors (Lipinski definition) is 4. The summed E-state index contributed by atoms with van der Waals surface area (Å²) >= 11 is 0. The van der Waals surface area contributed by atoms with E-state index in [-0.39, 0.29) is 13.2 Å². The normalized spacial score (nSPS) is 13.6. The molecule has 0 bridgehead atoms. The molecule has 0 unspecified atom stereocenters. The molecule has 0 aromatic heterocycles. The Morgan fingerprint density at radius 3 is 2.79 bits per heavy atom. The van der Waals surface area contributed by atoms with Crippen molar-refractivity contribution >= 4 is 0 Å². The molecule has 106 valence electrons. The Bertz CT molecular complexity index is 395. The van der Waals surface area contributed by atoms with Gasteiger partial charge in [0.2, 0.25) is 0 Å². The second-order valence-electron chi connectivity index (χ2n) is 4.93. The number of rotatable bonds is 8. The van der Waals surface area contributed by atoms with Crippen molar-refractivity contribution < 1.29 is 14.9 Å². The molecule has 0 aliphatic carbocycles. The summed E-state index contributed by atoms with van der Waals surface area (Å²) < 4.78 is 5.50. The minimum absolute atomic E-state index is 0.170. The van der Waals surface area contributed by atoms with Crippen LogP contribution in [-0.4, -0.2) is 54.6 Å². The summed E-state index contributed by atoms with van der Waals surface area (Å²) in [5, 5.41) is 17.9. The third-order valence-corrected chi connectivity index (χ3v) is 3.52. The molecule has 4 nitrogen and oxygen atoms in total. The lowest BCUT2D eigenvalue weighted by atomic mass is 10.1. The summed E-state index contributed by atoms with van der Waals surface area (Å²) in [6.07, 6.45) is 2.74. The first-order valence-corrected chi connectivity index (χ1v) is 7.02. The third kappa shape index (κ3) is 4.20. The first kappa shape index (κ1) is 14.3. The molecule has 0 saturated heterocycles. The predicted octanol–water partition coefficient (Wildman–Crippen LogP) is 0.841. The van der Waals surface area contributed by atoms with E-state index in [0.717, 1.165) is 44.7 Å². The molecule has 0 amide bonds. The van der Waals surface area contributed by atoms with Gasteiger partial charge in [-0.05, 0) is 30.0 Å². The summed E-state index contributed by atoms with van der Waals surface area (Å²) in [4.78, 5) is 2.19. The number of aliphatic hydroxyl groups is 2. The maximum Gasteiger partial charge on any atom is 0.122 e. The SMILES string of the molecule is OCCCN(CCO)CCc1ccc2c(c1)CCO2. The molecule has 1 aromatic carbocycles. The van der Waals surface area contributed by atoms with Gasteiger partial charge in [-0.15, -0.1) is 0 Å². The highest BCUT2D eigenvalue weighted by atomic mass is 16.5. The fourth-order valence-corrected chi connectivity index (χ4v) is 2.45. The Balaban J connectivity index is 1.85. The average Bonchev–Trinajstić information content (AvgIpc) is 2.89. The van der Waals surface area contributed by atoms with E-state index in [9.17, 15) is 0 Å². The van der Waals surface area contributed by atoms with Crippen molar-refractivity contribution in [1.82, 2.24) is 4.90 Å². The van der Waals surface area contributed by atoms with Gasteiger partial charge in [0.15, 0.2) is 0 Å². The molecule has 1 aliphatic rings. The second-order valence-corrected chi connectivity index (χ2v) is 4.93. The highest BCUT2D eigenvalue weighted by molar-refractivity contribution is 5.39. The van der Waals surface area contributed by atoms with Crippen LogP contribution in [0.2, 0.25) is 0 Å². The van der Waals surface area contributed by atoms with Crippen LogP contribution < -0.4 is 4.74 Å². The van der Waals surface area contributed by atoms with E-state index >= 15 is 0 Å². The monoisotopic (exact) mass is 265 g/mol. The zero-order valence-electron chi connectivity index (χ0n) is 11.3. The Hall–Kier alpha value is -1.10. The van der Waals surface area contributed by atoms with Gasteiger partial charge in [0, 0.05) is 32.7 Å². The maximum absolute atomic E-state index is 9.04. The van der Waals surface area contributed by atoms with Crippen molar-refractivity contribution in [1.29, 1.82) is 0 Å². The molecule has 1 aliphatic heterocycles. The number of nitrogens with zero attached hydrogens (tertiary/aromatic N) is 1. The topological polar surface area (TPSA) is 52.9 Å². The molecule has 4 heteroatoms. The van der Waals surface area contributed by atoms with Crippen LogP contribution in [0.4, 0.5) is 0 Å². The number of benzene rings is 1. The average molecular weight is 265 g/mol. The molecule has 2 N–H and O–H groups in total. The Morgan fingerprint density at radius 1 is 1.11 bits per heavy atom. The zero-order valence-corrected chi connectivity index (χ0v) is 11.3.